The van der Waals surface area contributed by atoms with Gasteiger partial charge in [-0.1, -0.05) is 86.3 Å². The zero-order valence-corrected chi connectivity index (χ0v) is 33.2. The van der Waals surface area contributed by atoms with E-state index in [1.807, 2.05) is 34.6 Å². The second-order valence-corrected chi connectivity index (χ2v) is 16.9. The molecule has 0 amide bonds. The molecule has 4 aliphatic rings. The SMILES string of the molecule is CCC(C)O.CCC(C)OC(=O)OC1CCC2(C)C(=CCC3C2CCC2(C)C(C(C)CCCC(C)C)CCC32)C1.CCC(C)OC(C)=O. The summed E-state index contributed by atoms with van der Waals surface area (Å²) in [6.45, 7) is 25.5. The molecule has 0 radical (unpaired) electrons. The van der Waals surface area contributed by atoms with Gasteiger partial charge in [-0.05, 0) is 131 Å². The van der Waals surface area contributed by atoms with Gasteiger partial charge in [0.1, 0.15) is 12.2 Å². The van der Waals surface area contributed by atoms with Crippen LogP contribution >= 0.6 is 0 Å². The van der Waals surface area contributed by atoms with Gasteiger partial charge in [-0.2, -0.15) is 0 Å². The minimum atomic E-state index is -0.477. The Hall–Kier alpha value is -1.56. The van der Waals surface area contributed by atoms with Crippen LogP contribution < -0.4 is 0 Å². The van der Waals surface area contributed by atoms with Crippen LogP contribution in [0.15, 0.2) is 11.6 Å². The normalized spacial score (nSPS) is 33.0. The first-order valence-electron chi connectivity index (χ1n) is 19.9. The van der Waals surface area contributed by atoms with E-state index in [1.165, 1.54) is 58.3 Å². The van der Waals surface area contributed by atoms with E-state index >= 15 is 0 Å². The molecule has 0 aromatic carbocycles. The summed E-state index contributed by atoms with van der Waals surface area (Å²) < 4.78 is 15.9. The quantitative estimate of drug-likeness (QED) is 0.173. The number of aliphatic hydroxyl groups excluding tert-OH is 1. The molecule has 3 fully saturated rings. The Labute approximate surface area is 295 Å². The fraction of sp³-hybridized carbons (Fsp3) is 0.905. The van der Waals surface area contributed by atoms with E-state index in [0.717, 1.165) is 74.0 Å². The molecule has 3 saturated carbocycles. The van der Waals surface area contributed by atoms with Crippen molar-refractivity contribution in [2.24, 2.45) is 46.3 Å². The summed E-state index contributed by atoms with van der Waals surface area (Å²) in [5, 5.41) is 8.36. The van der Waals surface area contributed by atoms with Gasteiger partial charge in [0.25, 0.3) is 0 Å². The van der Waals surface area contributed by atoms with Gasteiger partial charge in [-0.15, -0.1) is 0 Å². The molecule has 0 heterocycles. The molecule has 0 aromatic rings. The lowest BCUT2D eigenvalue weighted by Gasteiger charge is -2.58. The van der Waals surface area contributed by atoms with Crippen molar-refractivity contribution in [2.45, 2.75) is 197 Å². The number of hydrogen-bond donors (Lipinski definition) is 1. The molecule has 11 unspecified atom stereocenters. The van der Waals surface area contributed by atoms with Gasteiger partial charge in [0.2, 0.25) is 0 Å². The van der Waals surface area contributed by atoms with Crippen LogP contribution in [-0.4, -0.2) is 41.6 Å². The summed E-state index contributed by atoms with van der Waals surface area (Å²) in [5.74, 6) is 4.98. The van der Waals surface area contributed by atoms with E-state index in [0.29, 0.717) is 10.8 Å². The monoisotopic (exact) mass is 677 g/mol. The average Bonchev–Trinajstić information content (AvgIpc) is 3.38. The standard InChI is InChI=1S/C32H54O3.C6H12O2.C4H10O/c1-8-23(5)34-30(33)35-25-16-18-31(6)24(20-25)12-13-26-28-15-14-27(22(4)11-9-10-21(2)3)32(28,7)19-17-29(26)31;1-4-5(2)8-6(3)7;1-3-4(2)5/h12,21-23,25-29H,8-11,13-20H2,1-7H3;5H,4H2,1-3H3;4-5H,3H2,1-2H3. The lowest BCUT2D eigenvalue weighted by molar-refractivity contribution is -0.145. The highest BCUT2D eigenvalue weighted by Gasteiger charge is 2.59. The molecule has 4 aliphatic carbocycles. The molecule has 6 nitrogen and oxygen atoms in total. The highest BCUT2D eigenvalue weighted by Crippen LogP contribution is 2.67. The maximum atomic E-state index is 12.2. The fourth-order valence-electron chi connectivity index (χ4n) is 9.53. The second-order valence-electron chi connectivity index (χ2n) is 16.9. The molecular formula is C42H76O6. The Morgan fingerprint density at radius 3 is 2.02 bits per heavy atom. The molecule has 0 spiro atoms. The zero-order valence-electron chi connectivity index (χ0n) is 33.2. The molecule has 0 bridgehead atoms. The summed E-state index contributed by atoms with van der Waals surface area (Å²) in [7, 11) is 0. The molecule has 0 aromatic heterocycles. The summed E-state index contributed by atoms with van der Waals surface area (Å²) >= 11 is 0. The minimum Gasteiger partial charge on any atom is -0.463 e. The van der Waals surface area contributed by atoms with Crippen molar-refractivity contribution in [1.29, 1.82) is 0 Å². The number of carbonyl (C=O) groups is 2. The summed E-state index contributed by atoms with van der Waals surface area (Å²) in [6.07, 6.45) is 18.8. The highest BCUT2D eigenvalue weighted by molar-refractivity contribution is 5.66. The molecule has 1 N–H and O–H groups in total. The third kappa shape index (κ3) is 11.8. The van der Waals surface area contributed by atoms with Gasteiger partial charge < -0.3 is 19.3 Å². The average molecular weight is 677 g/mol. The first kappa shape index (κ1) is 42.6. The zero-order chi connectivity index (χ0) is 36.2. The second kappa shape index (κ2) is 19.7. The van der Waals surface area contributed by atoms with E-state index in [4.69, 9.17) is 19.3 Å². The van der Waals surface area contributed by atoms with Crippen LogP contribution in [0.2, 0.25) is 0 Å². The van der Waals surface area contributed by atoms with Gasteiger partial charge in [-0.25, -0.2) is 4.79 Å². The van der Waals surface area contributed by atoms with E-state index in [2.05, 4.69) is 40.7 Å². The van der Waals surface area contributed by atoms with Crippen LogP contribution in [0.1, 0.15) is 173 Å². The van der Waals surface area contributed by atoms with Crippen molar-refractivity contribution in [1.82, 2.24) is 0 Å². The van der Waals surface area contributed by atoms with Gasteiger partial charge in [0.15, 0.2) is 0 Å². The van der Waals surface area contributed by atoms with Crippen LogP contribution in [0.5, 0.6) is 0 Å². The number of fused-ring (bicyclic) bond motifs is 5. The first-order chi connectivity index (χ1) is 22.5. The number of rotatable bonds is 11. The first-order valence-corrected chi connectivity index (χ1v) is 19.9. The maximum Gasteiger partial charge on any atom is 0.508 e. The van der Waals surface area contributed by atoms with Crippen molar-refractivity contribution in [3.8, 4) is 0 Å². The van der Waals surface area contributed by atoms with Gasteiger partial charge in [0, 0.05) is 13.3 Å². The molecule has 0 aliphatic heterocycles. The summed E-state index contributed by atoms with van der Waals surface area (Å²) in [5.41, 5.74) is 2.41. The maximum absolute atomic E-state index is 12.2. The van der Waals surface area contributed by atoms with Gasteiger partial charge in [0.05, 0.1) is 12.2 Å². The van der Waals surface area contributed by atoms with Gasteiger partial charge >= 0.3 is 12.1 Å². The lowest BCUT2D eigenvalue weighted by atomic mass is 9.47. The number of aliphatic hydroxyl groups is 1. The van der Waals surface area contributed by atoms with E-state index < -0.39 is 6.16 Å². The smallest absolute Gasteiger partial charge is 0.463 e. The fourth-order valence-corrected chi connectivity index (χ4v) is 9.53. The van der Waals surface area contributed by atoms with Crippen LogP contribution in [-0.2, 0) is 19.0 Å². The van der Waals surface area contributed by atoms with Crippen molar-refractivity contribution >= 4 is 12.1 Å². The largest absolute Gasteiger partial charge is 0.508 e. The predicted molar refractivity (Wildman–Crippen MR) is 198 cm³/mol. The Balaban J connectivity index is 0.000000521. The van der Waals surface area contributed by atoms with E-state index in [1.54, 1.807) is 12.5 Å². The molecule has 4 rings (SSSR count). The van der Waals surface area contributed by atoms with Gasteiger partial charge in [-0.3, -0.25) is 4.79 Å². The molecular weight excluding hydrogens is 600 g/mol. The number of carbonyl (C=O) groups excluding carboxylic acids is 2. The van der Waals surface area contributed by atoms with E-state index in [9.17, 15) is 9.59 Å². The Bertz CT molecular complexity index is 1000. The lowest BCUT2D eigenvalue weighted by Crippen LogP contribution is -2.51. The third-order valence-corrected chi connectivity index (χ3v) is 12.9. The number of esters is 1. The summed E-state index contributed by atoms with van der Waals surface area (Å²) in [6, 6.07) is 0. The van der Waals surface area contributed by atoms with Crippen LogP contribution in [0.4, 0.5) is 4.79 Å². The molecule has 280 valence electrons. The topological polar surface area (TPSA) is 82.1 Å². The minimum absolute atomic E-state index is 0.0150. The van der Waals surface area contributed by atoms with E-state index in [-0.39, 0.29) is 30.4 Å². The van der Waals surface area contributed by atoms with Crippen molar-refractivity contribution in [3.05, 3.63) is 11.6 Å². The van der Waals surface area contributed by atoms with Crippen molar-refractivity contribution in [2.75, 3.05) is 0 Å². The molecule has 11 atom stereocenters. The molecule has 48 heavy (non-hydrogen) atoms. The molecule has 6 heteroatoms. The third-order valence-electron chi connectivity index (χ3n) is 12.9. The number of ether oxygens (including phenoxy) is 3. The van der Waals surface area contributed by atoms with Crippen LogP contribution in [0.3, 0.4) is 0 Å². The van der Waals surface area contributed by atoms with Crippen molar-refractivity contribution in [3.63, 3.8) is 0 Å². The number of allylic oxidation sites excluding steroid dienone is 1. The summed E-state index contributed by atoms with van der Waals surface area (Å²) in [4.78, 5) is 22.4. The Kier molecular flexibility index (Phi) is 17.5. The Morgan fingerprint density at radius 1 is 0.854 bits per heavy atom. The van der Waals surface area contributed by atoms with Crippen molar-refractivity contribution < 1.29 is 28.9 Å². The van der Waals surface area contributed by atoms with Crippen LogP contribution in [0.25, 0.3) is 0 Å². The highest BCUT2D eigenvalue weighted by atomic mass is 16.7. The van der Waals surface area contributed by atoms with Crippen LogP contribution in [0, 0.1) is 46.3 Å². The molecule has 0 saturated heterocycles. The Morgan fingerprint density at radius 2 is 1.48 bits per heavy atom. The predicted octanol–water partition coefficient (Wildman–Crippen LogP) is 11.5. The number of hydrogen-bond acceptors (Lipinski definition) is 6.